The highest BCUT2D eigenvalue weighted by Crippen LogP contribution is 2.38. The first-order chi connectivity index (χ1) is 16.9. The lowest BCUT2D eigenvalue weighted by Gasteiger charge is -2.13. The van der Waals surface area contributed by atoms with Gasteiger partial charge in [-0.2, -0.15) is 5.10 Å². The Bertz CT molecular complexity index is 1210. The van der Waals surface area contributed by atoms with E-state index in [0.717, 1.165) is 53.3 Å². The zero-order valence-corrected chi connectivity index (χ0v) is 22.6. The van der Waals surface area contributed by atoms with Crippen LogP contribution in [0.2, 0.25) is 0 Å². The first-order valence-electron chi connectivity index (χ1n) is 12.4. The third kappa shape index (κ3) is 5.93. The molecule has 0 radical (unpaired) electrons. The van der Waals surface area contributed by atoms with Crippen molar-refractivity contribution in [2.24, 2.45) is 0 Å². The monoisotopic (exact) mass is 510 g/mol. The van der Waals surface area contributed by atoms with Gasteiger partial charge < -0.3 is 15.4 Å². The molecule has 0 atom stereocenters. The molecule has 2 aromatic heterocycles. The van der Waals surface area contributed by atoms with Crippen molar-refractivity contribution in [1.29, 1.82) is 0 Å². The van der Waals surface area contributed by atoms with E-state index < -0.39 is 0 Å². The molecular formula is C27H34N4O2S2. The second-order valence-corrected chi connectivity index (χ2v) is 10.6. The van der Waals surface area contributed by atoms with Gasteiger partial charge in [0.2, 0.25) is 0 Å². The summed E-state index contributed by atoms with van der Waals surface area (Å²) < 4.78 is 7.41. The fraction of sp³-hybridized carbons (Fsp3) is 0.444. The Morgan fingerprint density at radius 2 is 1.80 bits per heavy atom. The number of esters is 1. The van der Waals surface area contributed by atoms with Crippen LogP contribution in [0.15, 0.2) is 24.3 Å². The third-order valence-corrected chi connectivity index (χ3v) is 7.86. The number of hydrogen-bond donors (Lipinski definition) is 2. The summed E-state index contributed by atoms with van der Waals surface area (Å²) in [7, 11) is 0. The van der Waals surface area contributed by atoms with Crippen LogP contribution >= 0.6 is 23.6 Å². The average Bonchev–Trinajstić information content (AvgIpc) is 3.26. The van der Waals surface area contributed by atoms with Crippen LogP contribution in [0, 0.1) is 20.8 Å². The second kappa shape index (κ2) is 11.4. The Balaban J connectivity index is 1.54. The molecule has 0 saturated carbocycles. The van der Waals surface area contributed by atoms with Gasteiger partial charge in [0.1, 0.15) is 5.00 Å². The molecule has 0 unspecified atom stereocenters. The Labute approximate surface area is 217 Å². The fourth-order valence-corrected chi connectivity index (χ4v) is 6.12. The van der Waals surface area contributed by atoms with E-state index in [4.69, 9.17) is 22.1 Å². The molecule has 2 N–H and O–H groups in total. The number of anilines is 2. The number of nitrogens with one attached hydrogen (secondary N) is 2. The van der Waals surface area contributed by atoms with E-state index >= 15 is 0 Å². The summed E-state index contributed by atoms with van der Waals surface area (Å²) in [6, 6.07) is 8.49. The molecule has 186 valence electrons. The molecule has 4 rings (SSSR count). The lowest BCUT2D eigenvalue weighted by atomic mass is 9.96. The van der Waals surface area contributed by atoms with Crippen LogP contribution in [0.1, 0.15) is 75.9 Å². The van der Waals surface area contributed by atoms with Crippen molar-refractivity contribution in [3.8, 4) is 0 Å². The smallest absolute Gasteiger partial charge is 0.341 e. The standard InChI is InChI=1S/C27H34N4O2S2/c1-5-33-26(32)23-21-10-8-6-7-9-11-22(21)35-25(23)29-27(34)28-24-18(3)30-31(19(24)4)16-20-14-12-17(2)13-15-20/h12-15H,5-11,16H2,1-4H3,(H2,28,29,34). The summed E-state index contributed by atoms with van der Waals surface area (Å²) in [5, 5.41) is 12.6. The summed E-state index contributed by atoms with van der Waals surface area (Å²) in [5.41, 5.74) is 7.01. The lowest BCUT2D eigenvalue weighted by molar-refractivity contribution is 0.0526. The molecule has 1 aliphatic rings. The predicted octanol–water partition coefficient (Wildman–Crippen LogP) is 6.56. The number of thiocarbonyl (C=S) groups is 1. The molecule has 1 aliphatic carbocycles. The summed E-state index contributed by atoms with van der Waals surface area (Å²) in [4.78, 5) is 14.2. The maximum absolute atomic E-state index is 12.9. The highest BCUT2D eigenvalue weighted by atomic mass is 32.1. The molecule has 3 aromatic rings. The quantitative estimate of drug-likeness (QED) is 0.289. The van der Waals surface area contributed by atoms with Gasteiger partial charge in [0.15, 0.2) is 5.11 Å². The van der Waals surface area contributed by atoms with Gasteiger partial charge in [-0.1, -0.05) is 42.7 Å². The van der Waals surface area contributed by atoms with Gasteiger partial charge in [-0.05, 0) is 76.7 Å². The number of carbonyl (C=O) groups is 1. The molecule has 0 amide bonds. The average molecular weight is 511 g/mol. The molecule has 1 aromatic carbocycles. The van der Waals surface area contributed by atoms with Gasteiger partial charge in [-0.25, -0.2) is 4.79 Å². The topological polar surface area (TPSA) is 68.2 Å². The van der Waals surface area contributed by atoms with Gasteiger partial charge in [0.05, 0.1) is 35.8 Å². The van der Waals surface area contributed by atoms with Crippen LogP contribution in [0.25, 0.3) is 0 Å². The van der Waals surface area contributed by atoms with E-state index in [1.165, 1.54) is 28.8 Å². The van der Waals surface area contributed by atoms with Crippen LogP contribution in [0.3, 0.4) is 0 Å². The molecule has 6 nitrogen and oxygen atoms in total. The van der Waals surface area contributed by atoms with Crippen molar-refractivity contribution in [3.05, 3.63) is 62.8 Å². The normalized spacial score (nSPS) is 13.5. The number of ether oxygens (including phenoxy) is 1. The second-order valence-electron chi connectivity index (χ2n) is 9.11. The number of aromatic nitrogens is 2. The lowest BCUT2D eigenvalue weighted by Crippen LogP contribution is -2.21. The van der Waals surface area contributed by atoms with E-state index in [9.17, 15) is 4.79 Å². The maximum Gasteiger partial charge on any atom is 0.341 e. The van der Waals surface area contributed by atoms with E-state index in [2.05, 4.69) is 41.8 Å². The Morgan fingerprint density at radius 3 is 2.51 bits per heavy atom. The summed E-state index contributed by atoms with van der Waals surface area (Å²) in [6.45, 7) is 8.99. The summed E-state index contributed by atoms with van der Waals surface area (Å²) >= 11 is 7.32. The van der Waals surface area contributed by atoms with E-state index in [1.54, 1.807) is 11.3 Å². The van der Waals surface area contributed by atoms with E-state index in [0.29, 0.717) is 23.8 Å². The number of aryl methyl sites for hydroxylation is 3. The van der Waals surface area contributed by atoms with Gasteiger partial charge in [0, 0.05) is 4.88 Å². The first-order valence-corrected chi connectivity index (χ1v) is 13.6. The zero-order valence-electron chi connectivity index (χ0n) is 21.0. The van der Waals surface area contributed by atoms with Crippen LogP contribution in [0.5, 0.6) is 0 Å². The molecular weight excluding hydrogens is 476 g/mol. The number of fused-ring (bicyclic) bond motifs is 1. The van der Waals surface area contributed by atoms with Crippen LogP contribution < -0.4 is 10.6 Å². The number of thiophene rings is 1. The minimum Gasteiger partial charge on any atom is -0.462 e. The van der Waals surface area contributed by atoms with E-state index in [-0.39, 0.29) is 5.97 Å². The van der Waals surface area contributed by atoms with E-state index in [1.807, 2.05) is 25.5 Å². The van der Waals surface area contributed by atoms with Crippen LogP contribution in [-0.4, -0.2) is 27.5 Å². The van der Waals surface area contributed by atoms with Crippen molar-refractivity contribution in [2.75, 3.05) is 17.2 Å². The summed E-state index contributed by atoms with van der Waals surface area (Å²) in [5.74, 6) is -0.269. The van der Waals surface area contributed by atoms with Gasteiger partial charge >= 0.3 is 5.97 Å². The number of carbonyl (C=O) groups excluding carboxylic acids is 1. The van der Waals surface area contributed by atoms with Crippen molar-refractivity contribution >= 4 is 45.3 Å². The van der Waals surface area contributed by atoms with Gasteiger partial charge in [-0.15, -0.1) is 11.3 Å². The number of rotatable bonds is 6. The largest absolute Gasteiger partial charge is 0.462 e. The molecule has 35 heavy (non-hydrogen) atoms. The maximum atomic E-state index is 12.9. The highest BCUT2D eigenvalue weighted by molar-refractivity contribution is 7.80. The molecule has 8 heteroatoms. The number of nitrogens with zero attached hydrogens (tertiary/aromatic N) is 2. The molecule has 0 saturated heterocycles. The van der Waals surface area contributed by atoms with Crippen molar-refractivity contribution < 1.29 is 9.53 Å². The Hall–Kier alpha value is -2.71. The minimum absolute atomic E-state index is 0.269. The Kier molecular flexibility index (Phi) is 8.23. The van der Waals surface area contributed by atoms with Gasteiger partial charge in [-0.3, -0.25) is 4.68 Å². The highest BCUT2D eigenvalue weighted by Gasteiger charge is 2.26. The third-order valence-electron chi connectivity index (χ3n) is 6.45. The van der Waals surface area contributed by atoms with Crippen LogP contribution in [-0.2, 0) is 24.1 Å². The molecule has 0 aliphatic heterocycles. The Morgan fingerprint density at radius 1 is 1.09 bits per heavy atom. The number of benzene rings is 1. The molecule has 0 bridgehead atoms. The van der Waals surface area contributed by atoms with Crippen LogP contribution in [0.4, 0.5) is 10.7 Å². The first kappa shape index (κ1) is 25.4. The minimum atomic E-state index is -0.269. The number of hydrogen-bond acceptors (Lipinski definition) is 5. The molecule has 0 spiro atoms. The molecule has 0 fully saturated rings. The molecule has 2 heterocycles. The van der Waals surface area contributed by atoms with Crippen molar-refractivity contribution in [2.45, 2.75) is 72.8 Å². The zero-order chi connectivity index (χ0) is 24.9. The predicted molar refractivity (Wildman–Crippen MR) is 148 cm³/mol. The fourth-order valence-electron chi connectivity index (χ4n) is 4.57. The summed E-state index contributed by atoms with van der Waals surface area (Å²) in [6.07, 6.45) is 6.59. The van der Waals surface area contributed by atoms with Gasteiger partial charge in [0.25, 0.3) is 0 Å². The SMILES string of the molecule is CCOC(=O)c1c(NC(=S)Nc2c(C)nn(Cc3ccc(C)cc3)c2C)sc2c1CCCCCC2. The van der Waals surface area contributed by atoms with Crippen molar-refractivity contribution in [1.82, 2.24) is 9.78 Å². The van der Waals surface area contributed by atoms with Crippen molar-refractivity contribution in [3.63, 3.8) is 0 Å².